The molecule has 0 aliphatic rings. The highest BCUT2D eigenvalue weighted by atomic mass is 32.2. The Morgan fingerprint density at radius 1 is 1.14 bits per heavy atom. The molecule has 0 bridgehead atoms. The first-order valence-corrected chi connectivity index (χ1v) is 11.8. The summed E-state index contributed by atoms with van der Waals surface area (Å²) >= 11 is 0. The molecule has 4 aromatic rings. The third-order valence-corrected chi connectivity index (χ3v) is 6.80. The number of nitrogens with zero attached hydrogens (tertiary/aromatic N) is 6. The minimum atomic E-state index is -4.75. The van der Waals surface area contributed by atoms with E-state index in [0.29, 0.717) is 35.9 Å². The van der Waals surface area contributed by atoms with Crippen molar-refractivity contribution in [2.24, 2.45) is 0 Å². The van der Waals surface area contributed by atoms with Gasteiger partial charge in [-0.1, -0.05) is 6.92 Å². The van der Waals surface area contributed by atoms with Crippen LogP contribution in [0.5, 0.6) is 0 Å². The zero-order valence-corrected chi connectivity index (χ0v) is 19.3. The van der Waals surface area contributed by atoms with E-state index in [0.717, 1.165) is 17.8 Å². The monoisotopic (exact) mass is 501 g/mol. The van der Waals surface area contributed by atoms with Gasteiger partial charge in [-0.15, -0.1) is 0 Å². The van der Waals surface area contributed by atoms with Gasteiger partial charge in [0.2, 0.25) is 10.0 Å². The summed E-state index contributed by atoms with van der Waals surface area (Å²) in [5.74, 6) is 0.352. The van der Waals surface area contributed by atoms with E-state index in [1.165, 1.54) is 24.7 Å². The molecule has 0 fully saturated rings. The van der Waals surface area contributed by atoms with Gasteiger partial charge in [-0.25, -0.2) is 18.4 Å². The van der Waals surface area contributed by atoms with Gasteiger partial charge in [-0.05, 0) is 37.1 Å². The highest BCUT2D eigenvalue weighted by Crippen LogP contribution is 2.34. The van der Waals surface area contributed by atoms with Crippen LogP contribution in [-0.4, -0.2) is 45.1 Å². The zero-order valence-electron chi connectivity index (χ0n) is 18.4. The van der Waals surface area contributed by atoms with Crippen LogP contribution in [0.4, 0.5) is 13.2 Å². The molecule has 0 radical (unpaired) electrons. The molecule has 0 spiro atoms. The van der Waals surface area contributed by atoms with Gasteiger partial charge in [0.1, 0.15) is 22.7 Å². The number of hydrogen-bond donors (Lipinski definition) is 1. The molecule has 4 rings (SSSR count). The third kappa shape index (κ3) is 4.58. The van der Waals surface area contributed by atoms with Crippen LogP contribution in [-0.2, 0) is 16.4 Å². The second-order valence-corrected chi connectivity index (χ2v) is 9.28. The van der Waals surface area contributed by atoms with Crippen LogP contribution < -0.4 is 4.72 Å². The van der Waals surface area contributed by atoms with Crippen molar-refractivity contribution in [3.05, 3.63) is 60.3 Å². The normalized spacial score (nSPS) is 13.0. The van der Waals surface area contributed by atoms with Gasteiger partial charge < -0.3 is 0 Å². The van der Waals surface area contributed by atoms with Crippen molar-refractivity contribution in [3.8, 4) is 23.3 Å². The third-order valence-electron chi connectivity index (χ3n) is 5.28. The van der Waals surface area contributed by atoms with Crippen LogP contribution in [0.3, 0.4) is 0 Å². The van der Waals surface area contributed by atoms with Crippen molar-refractivity contribution in [1.29, 1.82) is 5.26 Å². The van der Waals surface area contributed by atoms with E-state index < -0.39 is 27.1 Å². The van der Waals surface area contributed by atoms with E-state index in [1.807, 2.05) is 13.0 Å². The number of rotatable bonds is 6. The van der Waals surface area contributed by atoms with E-state index in [-0.39, 0.29) is 11.3 Å². The number of sulfonamides is 1. The number of alkyl halides is 3. The number of nitrogens with one attached hydrogen (secondary N) is 1. The summed E-state index contributed by atoms with van der Waals surface area (Å²) in [5, 5.41) is 10.5. The highest BCUT2D eigenvalue weighted by Gasteiger charge is 2.39. The smallest absolute Gasteiger partial charge is 0.274 e. The van der Waals surface area contributed by atoms with Crippen LogP contribution in [0.1, 0.15) is 25.0 Å². The molecule has 35 heavy (non-hydrogen) atoms. The molecule has 0 saturated heterocycles. The molecule has 180 valence electrons. The topological polar surface area (TPSA) is 126 Å². The Morgan fingerprint density at radius 2 is 1.91 bits per heavy atom. The number of fused-ring (bicyclic) bond motifs is 1. The molecule has 0 aromatic carbocycles. The second kappa shape index (κ2) is 9.05. The quantitative estimate of drug-likeness (QED) is 0.428. The fourth-order valence-corrected chi connectivity index (χ4v) is 4.61. The van der Waals surface area contributed by atoms with Crippen LogP contribution >= 0.6 is 0 Å². The Kier molecular flexibility index (Phi) is 6.27. The molecule has 4 heterocycles. The van der Waals surface area contributed by atoms with Crippen LogP contribution in [0.25, 0.3) is 28.2 Å². The van der Waals surface area contributed by atoms with Gasteiger partial charge >= 0.3 is 6.18 Å². The molecule has 1 unspecified atom stereocenters. The van der Waals surface area contributed by atoms with Crippen molar-refractivity contribution in [1.82, 2.24) is 29.2 Å². The summed E-state index contributed by atoms with van der Waals surface area (Å²) in [7, 11) is -4.49. The first-order valence-electron chi connectivity index (χ1n) is 10.3. The minimum absolute atomic E-state index is 0.200. The van der Waals surface area contributed by atoms with E-state index in [4.69, 9.17) is 0 Å². The molecule has 1 atom stereocenters. The Morgan fingerprint density at radius 3 is 2.49 bits per heavy atom. The molecule has 0 amide bonds. The lowest BCUT2D eigenvalue weighted by atomic mass is 10.1. The summed E-state index contributed by atoms with van der Waals surface area (Å²) in [5.41, 5.74) is 2.06. The van der Waals surface area contributed by atoms with Crippen LogP contribution in [0, 0.1) is 11.3 Å². The average molecular weight is 501 g/mol. The number of pyridine rings is 2. The van der Waals surface area contributed by atoms with Gasteiger partial charge in [-0.3, -0.25) is 14.5 Å². The lowest BCUT2D eigenvalue weighted by molar-refractivity contribution is -0.147. The van der Waals surface area contributed by atoms with Crippen molar-refractivity contribution in [2.45, 2.75) is 37.4 Å². The predicted molar refractivity (Wildman–Crippen MR) is 120 cm³/mol. The second-order valence-electron chi connectivity index (χ2n) is 7.57. The summed E-state index contributed by atoms with van der Waals surface area (Å²) in [6.45, 7) is 2.65. The standard InChI is InChI=1S/C22H18F3N7O2S/c1-3-14-8-16-17(9-26)20(32(21(16)30-10-14)19-12-27-6-7-28-19)18-5-4-15(11-29-18)35(33,34)31-13(2)22(23,24)25/h4-8,10-13,31H,3H2,1-2H3. The summed E-state index contributed by atoms with van der Waals surface area (Å²) in [6.07, 6.45) is 2.98. The predicted octanol–water partition coefficient (Wildman–Crippen LogP) is 3.54. The maximum atomic E-state index is 12.8. The van der Waals surface area contributed by atoms with Gasteiger partial charge in [0.25, 0.3) is 0 Å². The molecule has 1 N–H and O–H groups in total. The Bertz CT molecular complexity index is 1530. The summed E-state index contributed by atoms with van der Waals surface area (Å²) in [4.78, 5) is 16.6. The van der Waals surface area contributed by atoms with Gasteiger partial charge in [0, 0.05) is 30.2 Å². The summed E-state index contributed by atoms with van der Waals surface area (Å²) in [6, 6.07) is 4.15. The first-order chi connectivity index (χ1) is 16.6. The summed E-state index contributed by atoms with van der Waals surface area (Å²) < 4.78 is 66.5. The fourth-order valence-electron chi connectivity index (χ4n) is 3.43. The van der Waals surface area contributed by atoms with E-state index >= 15 is 0 Å². The zero-order chi connectivity index (χ0) is 25.4. The molecule has 0 aliphatic carbocycles. The number of nitriles is 1. The number of aryl methyl sites for hydroxylation is 1. The van der Waals surface area contributed by atoms with Crippen molar-refractivity contribution < 1.29 is 21.6 Å². The molecule has 4 aromatic heterocycles. The van der Waals surface area contributed by atoms with E-state index in [9.17, 15) is 26.9 Å². The van der Waals surface area contributed by atoms with E-state index in [1.54, 1.807) is 15.5 Å². The average Bonchev–Trinajstić information content (AvgIpc) is 3.17. The van der Waals surface area contributed by atoms with Gasteiger partial charge in [0.05, 0.1) is 23.1 Å². The maximum absolute atomic E-state index is 12.8. The largest absolute Gasteiger partial charge is 0.404 e. The van der Waals surface area contributed by atoms with Crippen LogP contribution in [0.2, 0.25) is 0 Å². The first kappa shape index (κ1) is 24.2. The van der Waals surface area contributed by atoms with Crippen molar-refractivity contribution in [3.63, 3.8) is 0 Å². The highest BCUT2D eigenvalue weighted by molar-refractivity contribution is 7.89. The minimum Gasteiger partial charge on any atom is -0.274 e. The molecular weight excluding hydrogens is 483 g/mol. The van der Waals surface area contributed by atoms with Crippen molar-refractivity contribution >= 4 is 21.1 Å². The van der Waals surface area contributed by atoms with Gasteiger partial charge in [0.15, 0.2) is 5.82 Å². The Labute approximate surface area is 198 Å². The maximum Gasteiger partial charge on any atom is 0.404 e. The van der Waals surface area contributed by atoms with Gasteiger partial charge in [-0.2, -0.15) is 23.2 Å². The lowest BCUT2D eigenvalue weighted by Crippen LogP contribution is -2.42. The molecule has 9 nitrogen and oxygen atoms in total. The molecule has 13 heteroatoms. The SMILES string of the molecule is CCc1cnc2c(c1)c(C#N)c(-c1ccc(S(=O)(=O)NC(C)C(F)(F)F)cn1)n2-c1cnccn1. The fraction of sp³-hybridized carbons (Fsp3) is 0.227. The van der Waals surface area contributed by atoms with Crippen molar-refractivity contribution in [2.75, 3.05) is 0 Å². The number of halogens is 3. The van der Waals surface area contributed by atoms with E-state index in [2.05, 4.69) is 26.0 Å². The molecule has 0 saturated carbocycles. The number of hydrogen-bond acceptors (Lipinski definition) is 7. The van der Waals surface area contributed by atoms with Crippen LogP contribution in [0.15, 0.2) is 54.1 Å². The molecule has 0 aliphatic heterocycles. The Hall–Kier alpha value is -3.89. The lowest BCUT2D eigenvalue weighted by Gasteiger charge is -2.17. The number of aromatic nitrogens is 5. The molecular formula is C22H18F3N7O2S. The Balaban J connectivity index is 1.88.